The maximum Gasteiger partial charge on any atom is 0.312 e. The van der Waals surface area contributed by atoms with Gasteiger partial charge in [0, 0.05) is 75.1 Å². The van der Waals surface area contributed by atoms with Crippen LogP contribution in [-0.2, 0) is 45.5 Å². The molecule has 0 spiro atoms. The SMILES string of the molecule is CCCN(CCO)C(=O)C1=Cc2ccc(C3(C(=O)Nc4cncc(CNC(=O)[C@H](CCCNC(N)=O)NC(=O)[C@@H](NC(=O)CCCCCN5C(=O)C=CC5=O)C(C)C)c4)CC3)cc2N=C(N)C1. The van der Waals surface area contributed by atoms with Crippen molar-refractivity contribution in [2.45, 2.75) is 109 Å². The van der Waals surface area contributed by atoms with E-state index in [1.807, 2.05) is 25.1 Å². The van der Waals surface area contributed by atoms with E-state index in [1.54, 1.807) is 30.9 Å². The molecule has 1 fully saturated rings. The van der Waals surface area contributed by atoms with Crippen LogP contribution < -0.4 is 38.1 Å². The highest BCUT2D eigenvalue weighted by Gasteiger charge is 2.51. The molecule has 1 aromatic carbocycles. The molecule has 0 bridgehead atoms. The summed E-state index contributed by atoms with van der Waals surface area (Å²) in [7, 11) is 0. The summed E-state index contributed by atoms with van der Waals surface area (Å²) in [6, 6.07) is 4.44. The van der Waals surface area contributed by atoms with E-state index in [4.69, 9.17) is 11.5 Å². The number of primary amides is 1. The van der Waals surface area contributed by atoms with Gasteiger partial charge in [0.25, 0.3) is 11.8 Å². The largest absolute Gasteiger partial charge is 0.395 e. The highest BCUT2D eigenvalue weighted by atomic mass is 16.3. The zero-order valence-electron chi connectivity index (χ0n) is 38.4. The predicted octanol–water partition coefficient (Wildman–Crippen LogP) is 1.93. The first-order chi connectivity index (χ1) is 32.0. The smallest absolute Gasteiger partial charge is 0.312 e. The second-order valence-electron chi connectivity index (χ2n) is 17.3. The number of aromatic nitrogens is 1. The van der Waals surface area contributed by atoms with Gasteiger partial charge < -0.3 is 48.1 Å². The number of aliphatic imine (C=N–C) groups is 1. The van der Waals surface area contributed by atoms with Gasteiger partial charge in [-0.25, -0.2) is 9.79 Å². The molecule has 20 nitrogen and oxygen atoms in total. The number of nitrogens with two attached hydrogens (primary N) is 2. The summed E-state index contributed by atoms with van der Waals surface area (Å²) < 4.78 is 0. The van der Waals surface area contributed by atoms with Gasteiger partial charge in [0.15, 0.2) is 0 Å². The highest BCUT2D eigenvalue weighted by Crippen LogP contribution is 2.50. The molecule has 9 amide bonds. The van der Waals surface area contributed by atoms with E-state index in [9.17, 15) is 43.5 Å². The third kappa shape index (κ3) is 14.3. The fraction of sp³-hybridized carbons (Fsp3) is 0.489. The zero-order valence-corrected chi connectivity index (χ0v) is 38.4. The number of nitrogens with one attached hydrogen (secondary N) is 5. The monoisotopic (exact) mass is 925 g/mol. The average molecular weight is 926 g/mol. The number of carbonyl (C=O) groups excluding carboxylic acids is 8. The first-order valence-corrected chi connectivity index (χ1v) is 22.8. The first-order valence-electron chi connectivity index (χ1n) is 22.8. The summed E-state index contributed by atoms with van der Waals surface area (Å²) in [4.78, 5) is 114. The van der Waals surface area contributed by atoms with E-state index in [0.717, 1.165) is 16.9 Å². The van der Waals surface area contributed by atoms with Crippen LogP contribution in [0.4, 0.5) is 16.2 Å². The molecule has 5 rings (SSSR count). The number of amidine groups is 1. The van der Waals surface area contributed by atoms with Gasteiger partial charge in [-0.15, -0.1) is 0 Å². The number of unbranched alkanes of at least 4 members (excludes halogenated alkanes) is 2. The maximum atomic E-state index is 13.9. The van der Waals surface area contributed by atoms with Crippen molar-refractivity contribution in [1.29, 1.82) is 0 Å². The quantitative estimate of drug-likeness (QED) is 0.0526. The number of imide groups is 1. The Hall–Kier alpha value is -6.96. The number of amides is 9. The maximum absolute atomic E-state index is 13.9. The lowest BCUT2D eigenvalue weighted by molar-refractivity contribution is -0.137. The number of hydrogen-bond donors (Lipinski definition) is 8. The van der Waals surface area contributed by atoms with E-state index >= 15 is 0 Å². The Bertz CT molecular complexity index is 2260. The molecule has 20 heteroatoms. The number of aliphatic hydroxyl groups excluding tert-OH is 1. The Morgan fingerprint density at radius 3 is 2.34 bits per heavy atom. The Morgan fingerprint density at radius 2 is 1.67 bits per heavy atom. The Balaban J connectivity index is 1.18. The number of aliphatic hydroxyl groups is 1. The second-order valence-corrected chi connectivity index (χ2v) is 17.3. The van der Waals surface area contributed by atoms with Crippen LogP contribution in [0.15, 0.2) is 59.4 Å². The fourth-order valence-electron chi connectivity index (χ4n) is 7.93. The normalized spacial score (nSPS) is 15.6. The van der Waals surface area contributed by atoms with E-state index in [0.29, 0.717) is 73.1 Å². The minimum Gasteiger partial charge on any atom is -0.395 e. The molecular formula is C47H63N11O9. The second kappa shape index (κ2) is 24.0. The lowest BCUT2D eigenvalue weighted by Gasteiger charge is -2.25. The van der Waals surface area contributed by atoms with Crippen LogP contribution >= 0.6 is 0 Å². The molecule has 1 aromatic heterocycles. The van der Waals surface area contributed by atoms with Crippen molar-refractivity contribution in [1.82, 2.24) is 36.1 Å². The molecule has 2 atom stereocenters. The lowest BCUT2D eigenvalue weighted by atomic mass is 9.92. The van der Waals surface area contributed by atoms with Crippen LogP contribution in [0.5, 0.6) is 0 Å². The van der Waals surface area contributed by atoms with Gasteiger partial charge >= 0.3 is 6.03 Å². The molecule has 3 heterocycles. The number of benzene rings is 1. The Morgan fingerprint density at radius 1 is 0.925 bits per heavy atom. The number of pyridine rings is 1. The van der Waals surface area contributed by atoms with Crippen molar-refractivity contribution in [2.24, 2.45) is 22.4 Å². The van der Waals surface area contributed by atoms with Gasteiger partial charge in [0.2, 0.25) is 29.5 Å². The number of anilines is 1. The van der Waals surface area contributed by atoms with Crippen LogP contribution in [0.1, 0.15) is 102 Å². The summed E-state index contributed by atoms with van der Waals surface area (Å²) in [5.41, 5.74) is 14.0. The molecular weight excluding hydrogens is 863 g/mol. The number of rotatable bonds is 25. The Kier molecular flexibility index (Phi) is 18.3. The first kappa shape index (κ1) is 51.0. The van der Waals surface area contributed by atoms with Crippen molar-refractivity contribution in [3.05, 3.63) is 71.1 Å². The van der Waals surface area contributed by atoms with Crippen LogP contribution in [-0.4, -0.2) is 118 Å². The third-order valence-corrected chi connectivity index (χ3v) is 11.7. The van der Waals surface area contributed by atoms with Crippen LogP contribution in [0.3, 0.4) is 0 Å². The number of carbonyl (C=O) groups is 8. The fourth-order valence-corrected chi connectivity index (χ4v) is 7.93. The lowest BCUT2D eigenvalue weighted by Crippen LogP contribution is -2.55. The molecule has 2 aliphatic heterocycles. The number of nitrogens with zero attached hydrogens (tertiary/aromatic N) is 4. The van der Waals surface area contributed by atoms with Crippen LogP contribution in [0.25, 0.3) is 6.08 Å². The molecule has 1 saturated carbocycles. The third-order valence-electron chi connectivity index (χ3n) is 11.7. The molecule has 0 unspecified atom stereocenters. The van der Waals surface area contributed by atoms with Gasteiger partial charge in [0.1, 0.15) is 17.9 Å². The van der Waals surface area contributed by atoms with E-state index in [1.165, 1.54) is 24.5 Å². The molecule has 2 aromatic rings. The van der Waals surface area contributed by atoms with E-state index < -0.39 is 35.3 Å². The van der Waals surface area contributed by atoms with Gasteiger partial charge in [-0.1, -0.05) is 39.3 Å². The molecule has 360 valence electrons. The minimum absolute atomic E-state index is 0.00794. The summed E-state index contributed by atoms with van der Waals surface area (Å²) in [6.45, 7) is 6.42. The summed E-state index contributed by atoms with van der Waals surface area (Å²) in [5, 5.41) is 23.3. The van der Waals surface area contributed by atoms with Gasteiger partial charge in [0.05, 0.1) is 29.6 Å². The number of fused-ring (bicyclic) bond motifs is 1. The van der Waals surface area contributed by atoms with Crippen LogP contribution in [0.2, 0.25) is 0 Å². The van der Waals surface area contributed by atoms with Crippen molar-refractivity contribution in [3.63, 3.8) is 0 Å². The van der Waals surface area contributed by atoms with E-state index in [2.05, 4.69) is 36.6 Å². The van der Waals surface area contributed by atoms with Crippen molar-refractivity contribution >= 4 is 70.7 Å². The molecule has 3 aliphatic rings. The summed E-state index contributed by atoms with van der Waals surface area (Å²) in [5.74, 6) is -2.74. The zero-order chi connectivity index (χ0) is 48.7. The van der Waals surface area contributed by atoms with Crippen molar-refractivity contribution in [2.75, 3.05) is 38.1 Å². The predicted molar refractivity (Wildman–Crippen MR) is 250 cm³/mol. The van der Waals surface area contributed by atoms with Crippen molar-refractivity contribution < 1.29 is 43.5 Å². The highest BCUT2D eigenvalue weighted by molar-refractivity contribution is 6.13. The number of urea groups is 1. The molecule has 0 saturated heterocycles. The van der Waals surface area contributed by atoms with Crippen molar-refractivity contribution in [3.8, 4) is 0 Å². The van der Waals surface area contributed by atoms with Gasteiger partial charge in [-0.3, -0.25) is 43.4 Å². The molecule has 0 radical (unpaired) electrons. The molecule has 10 N–H and O–H groups in total. The standard InChI is InChI=1S/C47H63N11O9/c1-4-18-57(20-21-59)44(65)32-23-31-11-12-33(25-36(31)54-37(48)24-32)47(15-16-47)45(66)53-34-22-30(26-50-28-34)27-52-42(63)35(9-8-17-51-46(49)67)55-43(64)41(29(2)3)56-38(60)10-6-5-7-19-58-39(61)13-14-40(58)62/h11-14,22-23,25-26,28-29,35,41,59H,4-10,15-21,24,27H2,1-3H3,(H2,48,54)(H,52,63)(H,53,66)(H,55,64)(H,56,60)(H3,49,51,67)/t35-,41-/m0/s1. The molecule has 1 aliphatic carbocycles. The summed E-state index contributed by atoms with van der Waals surface area (Å²) >= 11 is 0. The topological polar surface area (TPSA) is 301 Å². The van der Waals surface area contributed by atoms with Gasteiger partial charge in [-0.05, 0) is 80.2 Å². The van der Waals surface area contributed by atoms with Crippen LogP contribution in [0, 0.1) is 5.92 Å². The Labute approximate surface area is 389 Å². The minimum atomic E-state index is -1.05. The average Bonchev–Trinajstić information content (AvgIpc) is 4.07. The number of hydrogen-bond acceptors (Lipinski definition) is 12. The van der Waals surface area contributed by atoms with Gasteiger partial charge in [-0.2, -0.15) is 0 Å². The summed E-state index contributed by atoms with van der Waals surface area (Å²) in [6.07, 6.45) is 11.4. The molecule has 67 heavy (non-hydrogen) atoms. The van der Waals surface area contributed by atoms with E-state index in [-0.39, 0.29) is 93.3 Å².